The van der Waals surface area contributed by atoms with E-state index in [1.165, 1.54) is 51.5 Å². The predicted octanol–water partition coefficient (Wildman–Crippen LogP) is 1.99. The maximum absolute atomic E-state index is 5.83. The van der Waals surface area contributed by atoms with Gasteiger partial charge in [0, 0.05) is 18.6 Å². The zero-order valence-corrected chi connectivity index (χ0v) is 9.47. The van der Waals surface area contributed by atoms with E-state index in [0.717, 1.165) is 12.5 Å². The van der Waals surface area contributed by atoms with Gasteiger partial charge in [0.2, 0.25) is 0 Å². The summed E-state index contributed by atoms with van der Waals surface area (Å²) in [4.78, 5) is 2.54. The number of hydrogen-bond acceptors (Lipinski definition) is 2. The maximum atomic E-state index is 5.83. The molecule has 2 saturated carbocycles. The summed E-state index contributed by atoms with van der Waals surface area (Å²) in [5, 5.41) is 0. The van der Waals surface area contributed by atoms with Crippen molar-refractivity contribution in [2.45, 2.75) is 50.5 Å². The molecule has 0 heterocycles. The Kier molecular flexibility index (Phi) is 3.13. The topological polar surface area (TPSA) is 29.3 Å². The average Bonchev–Trinajstić information content (AvgIpc) is 3.00. The molecule has 0 unspecified atom stereocenters. The van der Waals surface area contributed by atoms with Gasteiger partial charge in [-0.05, 0) is 38.6 Å². The number of hydrogen-bond donors (Lipinski definition) is 1. The largest absolute Gasteiger partial charge is 0.329 e. The Balaban J connectivity index is 1.78. The molecule has 0 aliphatic heterocycles. The average molecular weight is 196 g/mol. The summed E-state index contributed by atoms with van der Waals surface area (Å²) >= 11 is 0. The second kappa shape index (κ2) is 4.19. The Morgan fingerprint density at radius 3 is 2.36 bits per heavy atom. The van der Waals surface area contributed by atoms with Gasteiger partial charge in [0.15, 0.2) is 0 Å². The molecule has 2 rings (SSSR count). The van der Waals surface area contributed by atoms with Crippen molar-refractivity contribution in [1.29, 1.82) is 0 Å². The first-order valence-corrected chi connectivity index (χ1v) is 6.18. The van der Waals surface area contributed by atoms with Crippen LogP contribution in [0.3, 0.4) is 0 Å². The zero-order valence-electron chi connectivity index (χ0n) is 9.47. The van der Waals surface area contributed by atoms with E-state index in [9.17, 15) is 0 Å². The Bertz CT molecular complexity index is 181. The molecule has 0 aromatic rings. The summed E-state index contributed by atoms with van der Waals surface area (Å²) in [6, 6.07) is 0. The van der Waals surface area contributed by atoms with E-state index in [-0.39, 0.29) is 0 Å². The van der Waals surface area contributed by atoms with Crippen LogP contribution in [0.25, 0.3) is 0 Å². The number of nitrogens with two attached hydrogens (primary N) is 1. The molecule has 2 nitrogen and oxygen atoms in total. The number of nitrogens with zero attached hydrogens (tertiary/aromatic N) is 1. The standard InChI is InChI=1S/C12H24N2/c1-14(12(10-13)7-8-12)9-11-5-3-2-4-6-11/h11H,2-10,13H2,1H3. The normalized spacial score (nSPS) is 26.8. The molecule has 0 spiro atoms. The molecule has 0 aromatic carbocycles. The molecule has 2 N–H and O–H groups in total. The van der Waals surface area contributed by atoms with Crippen LogP contribution < -0.4 is 5.73 Å². The SMILES string of the molecule is CN(CC1CCCCC1)C1(CN)CC1. The lowest BCUT2D eigenvalue weighted by molar-refractivity contribution is 0.170. The molecule has 0 amide bonds. The molecule has 82 valence electrons. The number of rotatable bonds is 4. The van der Waals surface area contributed by atoms with E-state index in [1.54, 1.807) is 0 Å². The van der Waals surface area contributed by atoms with Crippen molar-refractivity contribution in [3.8, 4) is 0 Å². The monoisotopic (exact) mass is 196 g/mol. The molecule has 0 radical (unpaired) electrons. The van der Waals surface area contributed by atoms with Crippen molar-refractivity contribution in [1.82, 2.24) is 4.90 Å². The molecule has 0 bridgehead atoms. The van der Waals surface area contributed by atoms with Gasteiger partial charge in [-0.1, -0.05) is 19.3 Å². The van der Waals surface area contributed by atoms with Gasteiger partial charge >= 0.3 is 0 Å². The molecule has 14 heavy (non-hydrogen) atoms. The maximum Gasteiger partial charge on any atom is 0.0330 e. The van der Waals surface area contributed by atoms with Crippen LogP contribution in [0.1, 0.15) is 44.9 Å². The summed E-state index contributed by atoms with van der Waals surface area (Å²) in [5.74, 6) is 0.956. The summed E-state index contributed by atoms with van der Waals surface area (Å²) in [7, 11) is 2.27. The van der Waals surface area contributed by atoms with Crippen molar-refractivity contribution in [3.63, 3.8) is 0 Å². The zero-order chi connectivity index (χ0) is 10.0. The first-order valence-electron chi connectivity index (χ1n) is 6.18. The van der Waals surface area contributed by atoms with Gasteiger partial charge in [0.25, 0.3) is 0 Å². The van der Waals surface area contributed by atoms with Crippen LogP contribution in [-0.2, 0) is 0 Å². The summed E-state index contributed by atoms with van der Waals surface area (Å²) in [5.41, 5.74) is 6.25. The second-order valence-corrected chi connectivity index (χ2v) is 5.31. The van der Waals surface area contributed by atoms with Gasteiger partial charge in [-0.2, -0.15) is 0 Å². The van der Waals surface area contributed by atoms with E-state index >= 15 is 0 Å². The third kappa shape index (κ3) is 2.12. The molecule has 2 aliphatic carbocycles. The van der Waals surface area contributed by atoms with Gasteiger partial charge in [-0.25, -0.2) is 0 Å². The highest BCUT2D eigenvalue weighted by molar-refractivity contribution is 5.03. The molecule has 2 fully saturated rings. The highest BCUT2D eigenvalue weighted by Crippen LogP contribution is 2.40. The highest BCUT2D eigenvalue weighted by atomic mass is 15.2. The summed E-state index contributed by atoms with van der Waals surface area (Å²) < 4.78 is 0. The van der Waals surface area contributed by atoms with Crippen LogP contribution in [0, 0.1) is 5.92 Å². The fraction of sp³-hybridized carbons (Fsp3) is 1.00. The lowest BCUT2D eigenvalue weighted by Gasteiger charge is -2.32. The van der Waals surface area contributed by atoms with Crippen molar-refractivity contribution in [2.75, 3.05) is 20.1 Å². The van der Waals surface area contributed by atoms with Crippen molar-refractivity contribution < 1.29 is 0 Å². The third-order valence-corrected chi connectivity index (χ3v) is 4.27. The second-order valence-electron chi connectivity index (χ2n) is 5.31. The fourth-order valence-electron chi connectivity index (χ4n) is 2.84. The van der Waals surface area contributed by atoms with Crippen LogP contribution in [0.15, 0.2) is 0 Å². The van der Waals surface area contributed by atoms with Gasteiger partial charge in [0.05, 0.1) is 0 Å². The van der Waals surface area contributed by atoms with E-state index in [2.05, 4.69) is 11.9 Å². The van der Waals surface area contributed by atoms with Crippen molar-refractivity contribution in [3.05, 3.63) is 0 Å². The summed E-state index contributed by atoms with van der Waals surface area (Å²) in [6.07, 6.45) is 9.92. The minimum atomic E-state index is 0.414. The van der Waals surface area contributed by atoms with Gasteiger partial charge < -0.3 is 5.73 Å². The lowest BCUT2D eigenvalue weighted by Crippen LogP contribution is -2.42. The van der Waals surface area contributed by atoms with Crippen LogP contribution in [0.5, 0.6) is 0 Å². The Labute approximate surface area is 87.8 Å². The molecule has 0 atom stereocenters. The molecular formula is C12H24N2. The first kappa shape index (κ1) is 10.4. The quantitative estimate of drug-likeness (QED) is 0.745. The minimum absolute atomic E-state index is 0.414. The van der Waals surface area contributed by atoms with E-state index in [4.69, 9.17) is 5.73 Å². The first-order chi connectivity index (χ1) is 6.77. The molecule has 0 aromatic heterocycles. The van der Waals surface area contributed by atoms with E-state index < -0.39 is 0 Å². The molecular weight excluding hydrogens is 172 g/mol. The number of likely N-dealkylation sites (N-methyl/N-ethyl adjacent to an activating group) is 1. The van der Waals surface area contributed by atoms with Crippen molar-refractivity contribution >= 4 is 0 Å². The van der Waals surface area contributed by atoms with Gasteiger partial charge in [-0.15, -0.1) is 0 Å². The van der Waals surface area contributed by atoms with E-state index in [1.807, 2.05) is 0 Å². The fourth-order valence-corrected chi connectivity index (χ4v) is 2.84. The predicted molar refractivity (Wildman–Crippen MR) is 60.2 cm³/mol. The third-order valence-electron chi connectivity index (χ3n) is 4.27. The molecule has 0 saturated heterocycles. The van der Waals surface area contributed by atoms with Crippen LogP contribution in [0.2, 0.25) is 0 Å². The smallest absolute Gasteiger partial charge is 0.0330 e. The minimum Gasteiger partial charge on any atom is -0.329 e. The van der Waals surface area contributed by atoms with Gasteiger partial charge in [0.1, 0.15) is 0 Å². The van der Waals surface area contributed by atoms with E-state index in [0.29, 0.717) is 5.54 Å². The lowest BCUT2D eigenvalue weighted by atomic mass is 9.88. The highest BCUT2D eigenvalue weighted by Gasteiger charge is 2.45. The van der Waals surface area contributed by atoms with Crippen LogP contribution in [0.4, 0.5) is 0 Å². The Morgan fingerprint density at radius 2 is 1.86 bits per heavy atom. The van der Waals surface area contributed by atoms with Gasteiger partial charge in [-0.3, -0.25) is 4.90 Å². The Morgan fingerprint density at radius 1 is 1.21 bits per heavy atom. The van der Waals surface area contributed by atoms with Crippen molar-refractivity contribution in [2.24, 2.45) is 11.7 Å². The summed E-state index contributed by atoms with van der Waals surface area (Å²) in [6.45, 7) is 2.15. The Hall–Kier alpha value is -0.0800. The van der Waals surface area contributed by atoms with Crippen LogP contribution in [-0.4, -0.2) is 30.6 Å². The molecule has 2 heteroatoms. The van der Waals surface area contributed by atoms with Crippen LogP contribution >= 0.6 is 0 Å². The molecule has 2 aliphatic rings.